The van der Waals surface area contributed by atoms with Crippen molar-refractivity contribution in [2.45, 2.75) is 19.4 Å². The Bertz CT molecular complexity index is 736. The molecule has 0 aliphatic rings. The molecule has 7 heteroatoms. The maximum atomic E-state index is 12.8. The molecule has 2 aromatic carbocycles. The molecule has 0 saturated carbocycles. The maximum absolute atomic E-state index is 12.8. The second-order valence-electron chi connectivity index (χ2n) is 5.83. The van der Waals surface area contributed by atoms with Gasteiger partial charge in [-0.15, -0.1) is 0 Å². The van der Waals surface area contributed by atoms with Crippen molar-refractivity contribution >= 4 is 5.96 Å². The molecule has 146 valence electrons. The number of aliphatic imine (C=N–C) groups is 1. The first-order valence-corrected chi connectivity index (χ1v) is 8.75. The summed E-state index contributed by atoms with van der Waals surface area (Å²) in [6, 6.07) is 11.6. The lowest BCUT2D eigenvalue weighted by atomic mass is 10.2. The zero-order valence-corrected chi connectivity index (χ0v) is 15.7. The molecule has 0 aliphatic heterocycles. The van der Waals surface area contributed by atoms with Crippen LogP contribution in [0.4, 0.5) is 4.39 Å². The second-order valence-corrected chi connectivity index (χ2v) is 5.83. The minimum Gasteiger partial charge on any atom is -0.494 e. The summed E-state index contributed by atoms with van der Waals surface area (Å²) in [6.45, 7) is 1.72. The third kappa shape index (κ3) is 7.05. The van der Waals surface area contributed by atoms with E-state index in [-0.39, 0.29) is 5.82 Å². The van der Waals surface area contributed by atoms with Gasteiger partial charge in [0.25, 0.3) is 0 Å². The summed E-state index contributed by atoms with van der Waals surface area (Å²) in [7, 11) is 3.20. The highest BCUT2D eigenvalue weighted by Gasteiger charge is 2.04. The average molecular weight is 375 g/mol. The number of hydrogen-bond donors (Lipinski definition) is 2. The fourth-order valence-electron chi connectivity index (χ4n) is 2.38. The van der Waals surface area contributed by atoms with Crippen LogP contribution in [0.15, 0.2) is 47.5 Å². The molecule has 2 rings (SSSR count). The van der Waals surface area contributed by atoms with Crippen molar-refractivity contribution in [1.82, 2.24) is 5.32 Å². The lowest BCUT2D eigenvalue weighted by molar-refractivity contribution is 0.306. The predicted molar refractivity (Wildman–Crippen MR) is 104 cm³/mol. The topological polar surface area (TPSA) is 78.1 Å². The molecule has 0 bridgehead atoms. The third-order valence-electron chi connectivity index (χ3n) is 3.84. The van der Waals surface area contributed by atoms with E-state index < -0.39 is 0 Å². The van der Waals surface area contributed by atoms with Crippen molar-refractivity contribution in [3.05, 3.63) is 53.8 Å². The van der Waals surface area contributed by atoms with Crippen LogP contribution in [-0.4, -0.2) is 33.3 Å². The van der Waals surface area contributed by atoms with Gasteiger partial charge < -0.3 is 25.3 Å². The van der Waals surface area contributed by atoms with E-state index in [1.165, 1.54) is 12.1 Å². The van der Waals surface area contributed by atoms with Crippen LogP contribution in [0, 0.1) is 5.82 Å². The number of ether oxygens (including phenoxy) is 3. The Labute approximate surface area is 159 Å². The monoisotopic (exact) mass is 375 g/mol. The minimum atomic E-state index is -0.269. The summed E-state index contributed by atoms with van der Waals surface area (Å²) in [5, 5.41) is 3.08. The number of nitrogens with two attached hydrogens (primary N) is 1. The molecule has 0 fully saturated rings. The van der Waals surface area contributed by atoms with E-state index >= 15 is 0 Å². The number of halogens is 1. The molecule has 0 aromatic heterocycles. The molecule has 0 heterocycles. The zero-order chi connectivity index (χ0) is 19.5. The van der Waals surface area contributed by atoms with E-state index in [9.17, 15) is 4.39 Å². The van der Waals surface area contributed by atoms with Crippen molar-refractivity contribution < 1.29 is 18.6 Å². The van der Waals surface area contributed by atoms with E-state index in [0.29, 0.717) is 42.9 Å². The highest BCUT2D eigenvalue weighted by atomic mass is 19.1. The molecule has 3 N–H and O–H groups in total. The molecule has 0 spiro atoms. The second kappa shape index (κ2) is 10.9. The predicted octanol–water partition coefficient (Wildman–Crippen LogP) is 3.11. The van der Waals surface area contributed by atoms with Gasteiger partial charge in [-0.3, -0.25) is 0 Å². The summed E-state index contributed by atoms with van der Waals surface area (Å²) < 4.78 is 28.8. The molecule has 0 radical (unpaired) electrons. The van der Waals surface area contributed by atoms with Crippen molar-refractivity contribution in [3.8, 4) is 17.2 Å². The molecule has 0 aliphatic carbocycles. The van der Waals surface area contributed by atoms with Crippen molar-refractivity contribution in [2.24, 2.45) is 10.7 Å². The molecular formula is C20H26FN3O3. The zero-order valence-electron chi connectivity index (χ0n) is 15.7. The molecule has 2 aromatic rings. The first kappa shape index (κ1) is 20.4. The van der Waals surface area contributed by atoms with Crippen molar-refractivity contribution in [2.75, 3.05) is 27.4 Å². The lowest BCUT2D eigenvalue weighted by Gasteiger charge is -2.09. The number of nitrogens with one attached hydrogen (secondary N) is 1. The van der Waals surface area contributed by atoms with Crippen molar-refractivity contribution in [1.29, 1.82) is 0 Å². The fourth-order valence-corrected chi connectivity index (χ4v) is 2.38. The number of hydrogen-bond acceptors (Lipinski definition) is 4. The van der Waals surface area contributed by atoms with Gasteiger partial charge in [0.2, 0.25) is 0 Å². The van der Waals surface area contributed by atoms with Gasteiger partial charge in [-0.2, -0.15) is 0 Å². The van der Waals surface area contributed by atoms with Crippen LogP contribution in [-0.2, 0) is 6.54 Å². The largest absolute Gasteiger partial charge is 0.494 e. The average Bonchev–Trinajstić information content (AvgIpc) is 2.70. The molecule has 27 heavy (non-hydrogen) atoms. The van der Waals surface area contributed by atoms with E-state index in [2.05, 4.69) is 10.3 Å². The van der Waals surface area contributed by atoms with E-state index in [0.717, 1.165) is 18.4 Å². The molecule has 0 amide bonds. The Morgan fingerprint density at radius 2 is 1.78 bits per heavy atom. The van der Waals surface area contributed by atoms with Gasteiger partial charge in [-0.05, 0) is 54.8 Å². The van der Waals surface area contributed by atoms with Gasteiger partial charge in [0, 0.05) is 6.54 Å². The summed E-state index contributed by atoms with van der Waals surface area (Å²) >= 11 is 0. The standard InChI is InChI=1S/C20H26FN3O3/c1-25-18-10-5-15(13-19(18)26-2)14-24-20(22)23-11-3-4-12-27-17-8-6-16(21)7-9-17/h5-10,13H,3-4,11-12,14H2,1-2H3,(H3,22,23,24). The molecule has 0 atom stereocenters. The Kier molecular flexibility index (Phi) is 8.22. The smallest absolute Gasteiger partial charge is 0.188 e. The fraction of sp³-hybridized carbons (Fsp3) is 0.350. The van der Waals surface area contributed by atoms with Gasteiger partial charge in [0.05, 0.1) is 27.4 Å². The van der Waals surface area contributed by atoms with E-state index in [1.54, 1.807) is 26.4 Å². The summed E-state index contributed by atoms with van der Waals surface area (Å²) in [6.07, 6.45) is 1.74. The minimum absolute atomic E-state index is 0.269. The number of unbranched alkanes of at least 4 members (excludes halogenated alkanes) is 1. The van der Waals surface area contributed by atoms with Crippen LogP contribution in [0.1, 0.15) is 18.4 Å². The summed E-state index contributed by atoms with van der Waals surface area (Å²) in [5.41, 5.74) is 6.86. The number of guanidine groups is 1. The molecular weight excluding hydrogens is 349 g/mol. The van der Waals surface area contributed by atoms with Crippen LogP contribution in [0.3, 0.4) is 0 Å². The van der Waals surface area contributed by atoms with Crippen LogP contribution in [0.5, 0.6) is 17.2 Å². The Morgan fingerprint density at radius 3 is 2.48 bits per heavy atom. The first-order valence-electron chi connectivity index (χ1n) is 8.75. The highest BCUT2D eigenvalue weighted by molar-refractivity contribution is 5.77. The number of nitrogens with zero attached hydrogens (tertiary/aromatic N) is 1. The van der Waals surface area contributed by atoms with Gasteiger partial charge >= 0.3 is 0 Å². The number of rotatable bonds is 10. The quantitative estimate of drug-likeness (QED) is 0.379. The van der Waals surface area contributed by atoms with Crippen LogP contribution < -0.4 is 25.3 Å². The Hall–Kier alpha value is -2.96. The van der Waals surface area contributed by atoms with Gasteiger partial charge in [0.1, 0.15) is 11.6 Å². The summed E-state index contributed by atoms with van der Waals surface area (Å²) in [5.74, 6) is 2.14. The Balaban J connectivity index is 1.65. The van der Waals surface area contributed by atoms with Crippen LogP contribution in [0.2, 0.25) is 0 Å². The molecule has 6 nitrogen and oxygen atoms in total. The SMILES string of the molecule is COc1ccc(CN=C(N)NCCCCOc2ccc(F)cc2)cc1OC. The van der Waals surface area contributed by atoms with Crippen LogP contribution in [0.25, 0.3) is 0 Å². The highest BCUT2D eigenvalue weighted by Crippen LogP contribution is 2.27. The molecule has 0 saturated heterocycles. The normalized spacial score (nSPS) is 11.1. The van der Waals surface area contributed by atoms with E-state index in [4.69, 9.17) is 19.9 Å². The number of methoxy groups -OCH3 is 2. The van der Waals surface area contributed by atoms with Gasteiger partial charge in [-0.1, -0.05) is 6.07 Å². The van der Waals surface area contributed by atoms with Crippen LogP contribution >= 0.6 is 0 Å². The summed E-state index contributed by atoms with van der Waals surface area (Å²) in [4.78, 5) is 4.32. The lowest BCUT2D eigenvalue weighted by Crippen LogP contribution is -2.32. The third-order valence-corrected chi connectivity index (χ3v) is 3.84. The van der Waals surface area contributed by atoms with Crippen molar-refractivity contribution in [3.63, 3.8) is 0 Å². The first-order chi connectivity index (χ1) is 13.1. The number of benzene rings is 2. The van der Waals surface area contributed by atoms with Gasteiger partial charge in [-0.25, -0.2) is 9.38 Å². The Morgan fingerprint density at radius 1 is 1.04 bits per heavy atom. The van der Waals surface area contributed by atoms with Gasteiger partial charge in [0.15, 0.2) is 17.5 Å². The maximum Gasteiger partial charge on any atom is 0.188 e. The van der Waals surface area contributed by atoms with E-state index in [1.807, 2.05) is 18.2 Å². The molecule has 0 unspecified atom stereocenters.